The summed E-state index contributed by atoms with van der Waals surface area (Å²) in [6, 6.07) is 30.6. The molecule has 35 heavy (non-hydrogen) atoms. The van der Waals surface area contributed by atoms with E-state index in [-0.39, 0.29) is 10.2 Å². The SMILES string of the molecule is O=C(NN1C(=O)/C(=C\c2ccc(OCc3cccc4ccccc34)cc2)SC1=S)c1ccccc1. The quantitative estimate of drug-likeness (QED) is 0.263. The van der Waals surface area contributed by atoms with Gasteiger partial charge in [0, 0.05) is 5.56 Å². The Labute approximate surface area is 212 Å². The molecule has 0 aliphatic carbocycles. The van der Waals surface area contributed by atoms with Crippen molar-refractivity contribution in [2.75, 3.05) is 0 Å². The van der Waals surface area contributed by atoms with Gasteiger partial charge in [0.1, 0.15) is 12.4 Å². The zero-order valence-electron chi connectivity index (χ0n) is 18.5. The van der Waals surface area contributed by atoms with Crippen LogP contribution in [-0.4, -0.2) is 21.1 Å². The lowest BCUT2D eigenvalue weighted by Gasteiger charge is -2.15. The van der Waals surface area contributed by atoms with Gasteiger partial charge in [0.15, 0.2) is 4.32 Å². The molecule has 1 heterocycles. The Morgan fingerprint density at radius 2 is 1.63 bits per heavy atom. The molecule has 1 fully saturated rings. The van der Waals surface area contributed by atoms with E-state index in [2.05, 4.69) is 29.7 Å². The van der Waals surface area contributed by atoms with Crippen molar-refractivity contribution in [3.63, 3.8) is 0 Å². The number of rotatable bonds is 6. The third kappa shape index (κ3) is 5.11. The van der Waals surface area contributed by atoms with Crippen molar-refractivity contribution in [1.29, 1.82) is 0 Å². The molecule has 0 unspecified atom stereocenters. The van der Waals surface area contributed by atoms with Crippen molar-refractivity contribution in [3.8, 4) is 5.75 Å². The fourth-order valence-electron chi connectivity index (χ4n) is 3.71. The minimum atomic E-state index is -0.393. The average Bonchev–Trinajstić information content (AvgIpc) is 3.16. The van der Waals surface area contributed by atoms with Crippen LogP contribution in [0, 0.1) is 0 Å². The molecule has 2 amide bonds. The number of thiocarbonyl (C=S) groups is 1. The molecule has 4 aromatic rings. The number of hydrogen-bond acceptors (Lipinski definition) is 5. The van der Waals surface area contributed by atoms with Gasteiger partial charge in [-0.25, -0.2) is 0 Å². The number of amides is 2. The highest BCUT2D eigenvalue weighted by molar-refractivity contribution is 8.26. The number of hydrogen-bond donors (Lipinski definition) is 1. The Hall–Kier alpha value is -3.94. The number of carbonyl (C=O) groups excluding carboxylic acids is 2. The molecule has 7 heteroatoms. The van der Waals surface area contributed by atoms with E-state index in [0.29, 0.717) is 17.1 Å². The summed E-state index contributed by atoms with van der Waals surface area (Å²) in [5, 5.41) is 3.47. The fraction of sp³-hybridized carbons (Fsp3) is 0.0357. The molecule has 1 aliphatic heterocycles. The zero-order chi connectivity index (χ0) is 24.2. The molecule has 4 aromatic carbocycles. The largest absolute Gasteiger partial charge is 0.489 e. The Morgan fingerprint density at radius 3 is 2.43 bits per heavy atom. The first-order chi connectivity index (χ1) is 17.1. The highest BCUT2D eigenvalue weighted by Gasteiger charge is 2.33. The number of carbonyl (C=O) groups is 2. The molecule has 172 valence electrons. The van der Waals surface area contributed by atoms with E-state index >= 15 is 0 Å². The number of benzene rings is 4. The Bertz CT molecular complexity index is 1450. The number of ether oxygens (including phenoxy) is 1. The maximum atomic E-state index is 12.8. The first-order valence-corrected chi connectivity index (χ1v) is 12.1. The molecule has 5 nitrogen and oxygen atoms in total. The van der Waals surface area contributed by atoms with Crippen LogP contribution >= 0.6 is 24.0 Å². The van der Waals surface area contributed by atoms with Crippen LogP contribution in [0.2, 0.25) is 0 Å². The lowest BCUT2D eigenvalue weighted by molar-refractivity contribution is -0.123. The molecule has 0 saturated carbocycles. The summed E-state index contributed by atoms with van der Waals surface area (Å²) in [7, 11) is 0. The summed E-state index contributed by atoms with van der Waals surface area (Å²) in [6.07, 6.45) is 1.75. The number of nitrogens with one attached hydrogen (secondary N) is 1. The minimum absolute atomic E-state index is 0.278. The molecule has 0 bridgehead atoms. The van der Waals surface area contributed by atoms with Crippen LogP contribution in [0.15, 0.2) is 102 Å². The molecule has 1 N–H and O–H groups in total. The van der Waals surface area contributed by atoms with Crippen molar-refractivity contribution in [1.82, 2.24) is 10.4 Å². The maximum absolute atomic E-state index is 12.8. The van der Waals surface area contributed by atoms with Crippen LogP contribution in [0.4, 0.5) is 0 Å². The predicted octanol–water partition coefficient (Wildman–Crippen LogP) is 5.97. The number of hydrazine groups is 1. The van der Waals surface area contributed by atoms with Gasteiger partial charge < -0.3 is 4.74 Å². The number of thioether (sulfide) groups is 1. The fourth-order valence-corrected chi connectivity index (χ4v) is 4.89. The summed E-state index contributed by atoms with van der Waals surface area (Å²) < 4.78 is 6.28. The zero-order valence-corrected chi connectivity index (χ0v) is 20.1. The van der Waals surface area contributed by atoms with E-state index in [1.54, 1.807) is 30.3 Å². The molecule has 0 atom stereocenters. The highest BCUT2D eigenvalue weighted by atomic mass is 32.2. The van der Waals surface area contributed by atoms with Crippen LogP contribution in [0.5, 0.6) is 5.75 Å². The molecule has 1 saturated heterocycles. The van der Waals surface area contributed by atoms with Gasteiger partial charge in [0.05, 0.1) is 4.91 Å². The average molecular weight is 497 g/mol. The summed E-state index contributed by atoms with van der Waals surface area (Å²) >= 11 is 6.46. The van der Waals surface area contributed by atoms with Gasteiger partial charge in [-0.1, -0.05) is 84.6 Å². The van der Waals surface area contributed by atoms with Crippen LogP contribution < -0.4 is 10.2 Å². The topological polar surface area (TPSA) is 58.6 Å². The Morgan fingerprint density at radius 1 is 0.914 bits per heavy atom. The van der Waals surface area contributed by atoms with Crippen LogP contribution in [-0.2, 0) is 11.4 Å². The Kier molecular flexibility index (Phi) is 6.61. The number of fused-ring (bicyclic) bond motifs is 1. The van der Waals surface area contributed by atoms with Crippen LogP contribution in [0.25, 0.3) is 16.8 Å². The van der Waals surface area contributed by atoms with Gasteiger partial charge in [-0.2, -0.15) is 5.01 Å². The van der Waals surface area contributed by atoms with Gasteiger partial charge in [-0.3, -0.25) is 15.0 Å². The summed E-state index contributed by atoms with van der Waals surface area (Å²) in [4.78, 5) is 25.7. The Balaban J connectivity index is 1.24. The first kappa shape index (κ1) is 22.8. The first-order valence-electron chi connectivity index (χ1n) is 10.9. The van der Waals surface area contributed by atoms with Gasteiger partial charge in [0.25, 0.3) is 11.8 Å². The van der Waals surface area contributed by atoms with Crippen LogP contribution in [0.3, 0.4) is 0 Å². The molecular weight excluding hydrogens is 476 g/mol. The minimum Gasteiger partial charge on any atom is -0.489 e. The van der Waals surface area contributed by atoms with Crippen molar-refractivity contribution < 1.29 is 14.3 Å². The lowest BCUT2D eigenvalue weighted by Crippen LogP contribution is -2.44. The molecule has 0 spiro atoms. The van der Waals surface area contributed by atoms with E-state index in [9.17, 15) is 9.59 Å². The molecule has 1 aliphatic rings. The summed E-state index contributed by atoms with van der Waals surface area (Å²) in [5.74, 6) is -0.0193. The van der Waals surface area contributed by atoms with E-state index in [4.69, 9.17) is 17.0 Å². The van der Waals surface area contributed by atoms with E-state index in [1.165, 1.54) is 10.8 Å². The summed E-state index contributed by atoms with van der Waals surface area (Å²) in [6.45, 7) is 0.459. The second kappa shape index (κ2) is 10.1. The normalized spacial score (nSPS) is 14.5. The van der Waals surface area contributed by atoms with E-state index in [0.717, 1.165) is 33.6 Å². The molecule has 5 rings (SSSR count). The van der Waals surface area contributed by atoms with Gasteiger partial charge in [-0.05, 0) is 64.5 Å². The van der Waals surface area contributed by atoms with E-state index in [1.807, 2.05) is 48.5 Å². The van der Waals surface area contributed by atoms with Gasteiger partial charge >= 0.3 is 0 Å². The van der Waals surface area contributed by atoms with Crippen molar-refractivity contribution >= 4 is 57.0 Å². The molecule has 0 radical (unpaired) electrons. The monoisotopic (exact) mass is 496 g/mol. The number of nitrogens with zero attached hydrogens (tertiary/aromatic N) is 1. The lowest BCUT2D eigenvalue weighted by atomic mass is 10.1. The third-order valence-electron chi connectivity index (χ3n) is 5.50. The molecular formula is C28H20N2O3S2. The third-order valence-corrected chi connectivity index (χ3v) is 6.80. The predicted molar refractivity (Wildman–Crippen MR) is 144 cm³/mol. The van der Waals surface area contributed by atoms with Crippen LogP contribution in [0.1, 0.15) is 21.5 Å². The highest BCUT2D eigenvalue weighted by Crippen LogP contribution is 2.32. The van der Waals surface area contributed by atoms with Crippen molar-refractivity contribution in [2.45, 2.75) is 6.61 Å². The summed E-state index contributed by atoms with van der Waals surface area (Å²) in [5.41, 5.74) is 4.99. The standard InChI is InChI=1S/C28H20N2O3S2/c31-26(21-8-2-1-3-9-21)29-30-27(32)25(35-28(30)34)17-19-13-15-23(16-14-19)33-18-22-11-6-10-20-7-4-5-12-24(20)22/h1-17H,18H2,(H,29,31)/b25-17+. The van der Waals surface area contributed by atoms with Gasteiger partial charge in [-0.15, -0.1) is 0 Å². The molecule has 0 aromatic heterocycles. The van der Waals surface area contributed by atoms with Crippen molar-refractivity contribution in [2.24, 2.45) is 0 Å². The second-order valence-corrected chi connectivity index (χ2v) is 9.50. The van der Waals surface area contributed by atoms with Crippen molar-refractivity contribution in [3.05, 3.63) is 119 Å². The van der Waals surface area contributed by atoms with Gasteiger partial charge in [0.2, 0.25) is 0 Å². The maximum Gasteiger partial charge on any atom is 0.285 e. The van der Waals surface area contributed by atoms with E-state index < -0.39 is 5.91 Å². The second-order valence-electron chi connectivity index (χ2n) is 7.82. The smallest absolute Gasteiger partial charge is 0.285 e.